The summed E-state index contributed by atoms with van der Waals surface area (Å²) in [6, 6.07) is 0. The summed E-state index contributed by atoms with van der Waals surface area (Å²) < 4.78 is 10.3. The first-order valence-electron chi connectivity index (χ1n) is 5.78. The lowest BCUT2D eigenvalue weighted by Gasteiger charge is -2.47. The summed E-state index contributed by atoms with van der Waals surface area (Å²) in [5.74, 6) is -0.0896. The maximum atomic E-state index is 11.1. The molecule has 0 aliphatic carbocycles. The molecule has 1 amide bonds. The van der Waals surface area contributed by atoms with Gasteiger partial charge in [-0.3, -0.25) is 8.98 Å². The van der Waals surface area contributed by atoms with Crippen LogP contribution in [-0.4, -0.2) is 69.0 Å². The molecule has 1 saturated heterocycles. The zero-order chi connectivity index (χ0) is 14.6. The molecule has 9 heteroatoms. The summed E-state index contributed by atoms with van der Waals surface area (Å²) in [7, 11) is 0. The number of hydrogen-bond acceptors (Lipinski definition) is 8. The van der Waals surface area contributed by atoms with E-state index in [4.69, 9.17) is 14.0 Å². The fourth-order valence-electron chi connectivity index (χ4n) is 1.74. The first-order valence-corrected chi connectivity index (χ1v) is 6.69. The third kappa shape index (κ3) is 3.57. The van der Waals surface area contributed by atoms with Crippen molar-refractivity contribution in [3.05, 3.63) is 0 Å². The van der Waals surface area contributed by atoms with Crippen molar-refractivity contribution >= 4 is 17.9 Å². The molecule has 19 heavy (non-hydrogen) atoms. The Morgan fingerprint density at radius 1 is 1.53 bits per heavy atom. The number of carbonyl (C=O) groups is 1. The highest BCUT2D eigenvalue weighted by Crippen LogP contribution is 2.31. The Kier molecular flexibility index (Phi) is 5.99. The summed E-state index contributed by atoms with van der Waals surface area (Å²) in [4.78, 5) is 11.1. The van der Waals surface area contributed by atoms with Crippen LogP contribution >= 0.6 is 12.0 Å². The second-order valence-electron chi connectivity index (χ2n) is 4.13. The van der Waals surface area contributed by atoms with Crippen LogP contribution in [0.15, 0.2) is 0 Å². The number of amides is 1. The Balaban J connectivity index is 2.95. The number of rotatable bonds is 5. The molecule has 1 rings (SSSR count). The third-order valence-electron chi connectivity index (χ3n) is 2.64. The van der Waals surface area contributed by atoms with Crippen LogP contribution in [0.4, 0.5) is 0 Å². The van der Waals surface area contributed by atoms with Crippen LogP contribution in [0.25, 0.3) is 0 Å². The van der Waals surface area contributed by atoms with Gasteiger partial charge in [0.2, 0.25) is 17.9 Å². The van der Waals surface area contributed by atoms with Crippen LogP contribution in [0, 0.1) is 0 Å². The molecule has 0 bridgehead atoms. The van der Waals surface area contributed by atoms with E-state index < -0.39 is 42.8 Å². The molecule has 0 radical (unpaired) electrons. The van der Waals surface area contributed by atoms with Crippen molar-refractivity contribution in [3.8, 4) is 0 Å². The predicted octanol–water partition coefficient (Wildman–Crippen LogP) is -2.07. The first-order chi connectivity index (χ1) is 8.86. The van der Waals surface area contributed by atoms with Crippen molar-refractivity contribution in [2.24, 2.45) is 0 Å². The summed E-state index contributed by atoms with van der Waals surface area (Å²) in [5, 5.41) is 41.1. The zero-order valence-corrected chi connectivity index (χ0v) is 11.5. The van der Waals surface area contributed by atoms with Crippen molar-refractivity contribution in [1.29, 1.82) is 0 Å². The van der Waals surface area contributed by atoms with E-state index in [2.05, 4.69) is 5.32 Å². The molecule has 0 aromatic heterocycles. The van der Waals surface area contributed by atoms with E-state index >= 15 is 0 Å². The van der Waals surface area contributed by atoms with Crippen molar-refractivity contribution in [2.45, 2.75) is 44.2 Å². The number of ether oxygens (including phenoxy) is 1. The van der Waals surface area contributed by atoms with Gasteiger partial charge in [0.25, 0.3) is 0 Å². The lowest BCUT2D eigenvalue weighted by molar-refractivity contribution is -0.324. The van der Waals surface area contributed by atoms with Crippen LogP contribution < -0.4 is 5.32 Å². The average Bonchev–Trinajstić information content (AvgIpc) is 2.35. The fourth-order valence-corrected chi connectivity index (χ4v) is 2.19. The van der Waals surface area contributed by atoms with Gasteiger partial charge in [0.1, 0.15) is 18.3 Å². The monoisotopic (exact) mass is 297 g/mol. The average molecular weight is 297 g/mol. The molecule has 1 fully saturated rings. The number of hydrogen-bond donors (Lipinski definition) is 5. The number of carbonyl (C=O) groups excluding carboxylic acids is 1. The Morgan fingerprint density at radius 2 is 2.16 bits per heavy atom. The second-order valence-corrected chi connectivity index (χ2v) is 5.14. The highest BCUT2D eigenvalue weighted by Gasteiger charge is 2.56. The van der Waals surface area contributed by atoms with Crippen molar-refractivity contribution in [2.75, 3.05) is 12.4 Å². The van der Waals surface area contributed by atoms with Gasteiger partial charge in [-0.1, -0.05) is 6.92 Å². The van der Waals surface area contributed by atoms with Crippen LogP contribution in [0.1, 0.15) is 13.8 Å². The second kappa shape index (κ2) is 6.84. The molecule has 1 unspecified atom stereocenters. The summed E-state index contributed by atoms with van der Waals surface area (Å²) in [6.45, 7) is 2.37. The van der Waals surface area contributed by atoms with Crippen LogP contribution in [0.5, 0.6) is 0 Å². The Morgan fingerprint density at radius 3 is 2.63 bits per heavy atom. The number of nitrogens with one attached hydrogen (secondary N) is 1. The van der Waals surface area contributed by atoms with E-state index in [0.717, 1.165) is 19.0 Å². The van der Waals surface area contributed by atoms with Gasteiger partial charge in [-0.2, -0.15) is 0 Å². The van der Waals surface area contributed by atoms with Gasteiger partial charge in [-0.25, -0.2) is 0 Å². The Labute approximate surface area is 114 Å². The van der Waals surface area contributed by atoms with Crippen molar-refractivity contribution < 1.29 is 34.1 Å². The number of aliphatic hydroxyl groups is 4. The molecule has 0 aromatic rings. The molecule has 5 atom stereocenters. The topological polar surface area (TPSA) is 128 Å². The molecule has 8 nitrogen and oxygen atoms in total. The lowest BCUT2D eigenvalue weighted by Crippen LogP contribution is -2.73. The SMILES string of the molecule is CCSOC1O[C@H](CO)[C@H](O)[C@H](O)[C@]1(O)NC(C)=O. The lowest BCUT2D eigenvalue weighted by atomic mass is 9.93. The van der Waals surface area contributed by atoms with Gasteiger partial charge in [0.15, 0.2) is 0 Å². The largest absolute Gasteiger partial charge is 0.394 e. The molecule has 112 valence electrons. The molecular weight excluding hydrogens is 278 g/mol. The van der Waals surface area contributed by atoms with Crippen molar-refractivity contribution in [3.63, 3.8) is 0 Å². The molecule has 0 saturated carbocycles. The van der Waals surface area contributed by atoms with Crippen LogP contribution in [0.2, 0.25) is 0 Å². The van der Waals surface area contributed by atoms with E-state index in [1.165, 1.54) is 0 Å². The molecule has 1 aliphatic rings. The smallest absolute Gasteiger partial charge is 0.221 e. The van der Waals surface area contributed by atoms with E-state index in [9.17, 15) is 20.1 Å². The van der Waals surface area contributed by atoms with Gasteiger partial charge in [-0.15, -0.1) is 0 Å². The summed E-state index contributed by atoms with van der Waals surface area (Å²) in [6.07, 6.45) is -5.86. The molecular formula is C10H19NO7S. The zero-order valence-electron chi connectivity index (χ0n) is 10.6. The maximum absolute atomic E-state index is 11.1. The standard InChI is InChI=1S/C10H19NO7S/c1-3-19-18-9-10(16,11-5(2)13)8(15)7(14)6(4-12)17-9/h6-9,12,14-16H,3-4H2,1-2H3,(H,11,13)/t6-,7+,8+,9?,10-/m1/s1. The molecule has 1 aliphatic heterocycles. The molecule has 5 N–H and O–H groups in total. The fraction of sp³-hybridized carbons (Fsp3) is 0.900. The Bertz CT molecular complexity index is 318. The van der Waals surface area contributed by atoms with Gasteiger partial charge in [0.05, 0.1) is 6.61 Å². The minimum Gasteiger partial charge on any atom is -0.394 e. The normalized spacial score (nSPS) is 39.1. The van der Waals surface area contributed by atoms with Crippen LogP contribution in [-0.2, 0) is 13.7 Å². The highest BCUT2D eigenvalue weighted by atomic mass is 32.2. The van der Waals surface area contributed by atoms with Gasteiger partial charge >= 0.3 is 0 Å². The number of aliphatic hydroxyl groups excluding tert-OH is 3. The first kappa shape index (κ1) is 16.6. The molecule has 1 heterocycles. The van der Waals surface area contributed by atoms with E-state index in [0.29, 0.717) is 5.75 Å². The maximum Gasteiger partial charge on any atom is 0.221 e. The van der Waals surface area contributed by atoms with Crippen molar-refractivity contribution in [1.82, 2.24) is 5.32 Å². The predicted molar refractivity (Wildman–Crippen MR) is 65.7 cm³/mol. The van der Waals surface area contributed by atoms with E-state index in [1.54, 1.807) is 6.92 Å². The Hall–Kier alpha value is -0.420. The molecule has 0 spiro atoms. The third-order valence-corrected chi connectivity index (χ3v) is 3.19. The van der Waals surface area contributed by atoms with E-state index in [-0.39, 0.29) is 0 Å². The van der Waals surface area contributed by atoms with E-state index in [1.807, 2.05) is 0 Å². The minimum atomic E-state index is -2.29. The van der Waals surface area contributed by atoms with Crippen LogP contribution in [0.3, 0.4) is 0 Å². The van der Waals surface area contributed by atoms with Gasteiger partial charge in [0, 0.05) is 12.7 Å². The van der Waals surface area contributed by atoms with Gasteiger partial charge < -0.3 is 30.5 Å². The highest BCUT2D eigenvalue weighted by molar-refractivity contribution is 7.94. The minimum absolute atomic E-state index is 0.540. The molecule has 0 aromatic carbocycles. The summed E-state index contributed by atoms with van der Waals surface area (Å²) >= 11 is 0.949. The quantitative estimate of drug-likeness (QED) is 0.289. The summed E-state index contributed by atoms with van der Waals surface area (Å²) in [5.41, 5.74) is -2.29. The van der Waals surface area contributed by atoms with Gasteiger partial charge in [-0.05, 0) is 12.0 Å².